The first kappa shape index (κ1) is 17.3. The van der Waals surface area contributed by atoms with E-state index in [4.69, 9.17) is 9.90 Å². The molecule has 0 saturated heterocycles. The first-order valence-electron chi connectivity index (χ1n) is 4.05. The zero-order valence-electron chi connectivity index (χ0n) is 8.68. The van der Waals surface area contributed by atoms with Crippen molar-refractivity contribution in [2.45, 2.75) is 47.5 Å². The fourth-order valence-electron chi connectivity index (χ4n) is 0. The number of carboxylic acids is 1. The van der Waals surface area contributed by atoms with Gasteiger partial charge in [0, 0.05) is 6.92 Å². The molecule has 0 aliphatic carbocycles. The molecular formula is C9H20O3. The number of carbonyl (C=O) groups excluding carboxylic acids is 1. The van der Waals surface area contributed by atoms with Gasteiger partial charge in [-0.3, -0.25) is 4.79 Å². The Morgan fingerprint density at radius 3 is 1.08 bits per heavy atom. The lowest BCUT2D eigenvalue weighted by Gasteiger charge is -1.68. The van der Waals surface area contributed by atoms with Crippen LogP contribution in [0.5, 0.6) is 0 Å². The average Bonchev–Trinajstić information content (AvgIpc) is 1.85. The monoisotopic (exact) mass is 176 g/mol. The Bertz CT molecular complexity index is 86.3. The summed E-state index contributed by atoms with van der Waals surface area (Å²) in [6, 6.07) is 0. The summed E-state index contributed by atoms with van der Waals surface area (Å²) >= 11 is 0. The molecule has 0 aliphatic rings. The third-order valence-electron chi connectivity index (χ3n) is 0.500. The molecule has 74 valence electrons. The summed E-state index contributed by atoms with van der Waals surface area (Å²) in [5.74, 6) is -0.667. The molecule has 0 aromatic rings. The Kier molecular flexibility index (Phi) is 23.9. The summed E-state index contributed by atoms with van der Waals surface area (Å²) in [6.45, 7) is 8.50. The van der Waals surface area contributed by atoms with E-state index < -0.39 is 5.97 Å². The molecule has 0 aliphatic heterocycles. The molecule has 3 nitrogen and oxygen atoms in total. The van der Waals surface area contributed by atoms with E-state index in [1.54, 1.807) is 0 Å². The Balaban J connectivity index is -0.000000101. The van der Waals surface area contributed by atoms with Gasteiger partial charge in [-0.05, 0) is 13.8 Å². The molecule has 1 N–H and O–H groups in total. The number of rotatable bonds is 1. The van der Waals surface area contributed by atoms with Crippen LogP contribution in [0.25, 0.3) is 0 Å². The van der Waals surface area contributed by atoms with Gasteiger partial charge in [0.2, 0.25) is 0 Å². The third kappa shape index (κ3) is 30900. The van der Waals surface area contributed by atoms with Crippen molar-refractivity contribution in [2.24, 2.45) is 0 Å². The molecule has 0 unspecified atom stereocenters. The van der Waals surface area contributed by atoms with Crippen molar-refractivity contribution in [2.75, 3.05) is 0 Å². The lowest BCUT2D eigenvalue weighted by molar-refractivity contribution is -0.134. The summed E-state index contributed by atoms with van der Waals surface area (Å²) in [6.07, 6.45) is 2.64. The lowest BCUT2D eigenvalue weighted by atomic mass is 10.4. The van der Waals surface area contributed by atoms with Gasteiger partial charge in [-0.1, -0.05) is 26.7 Å². The van der Waals surface area contributed by atoms with Crippen molar-refractivity contribution in [1.29, 1.82) is 0 Å². The highest BCUT2D eigenvalue weighted by Gasteiger charge is 1.65. The Morgan fingerprint density at radius 2 is 1.08 bits per heavy atom. The minimum absolute atomic E-state index is 0.167. The smallest absolute Gasteiger partial charge is 0.300 e. The largest absolute Gasteiger partial charge is 0.481 e. The van der Waals surface area contributed by atoms with Crippen molar-refractivity contribution in [3.8, 4) is 0 Å². The third-order valence-corrected chi connectivity index (χ3v) is 0.500. The van der Waals surface area contributed by atoms with Crippen LogP contribution in [0.3, 0.4) is 0 Å². The van der Waals surface area contributed by atoms with E-state index in [9.17, 15) is 4.79 Å². The second-order valence-corrected chi connectivity index (χ2v) is 2.43. The maximum atomic E-state index is 9.44. The Morgan fingerprint density at radius 1 is 1.00 bits per heavy atom. The molecule has 0 spiro atoms. The van der Waals surface area contributed by atoms with Crippen molar-refractivity contribution < 1.29 is 14.7 Å². The molecule has 0 fully saturated rings. The molecule has 0 saturated carbocycles. The molecule has 0 aromatic carbocycles. The first-order valence-corrected chi connectivity index (χ1v) is 4.05. The summed E-state index contributed by atoms with van der Waals surface area (Å²) in [5, 5.41) is 7.42. The Labute approximate surface area is 74.8 Å². The van der Waals surface area contributed by atoms with Crippen LogP contribution in [-0.4, -0.2) is 16.9 Å². The number of Topliss-reactive ketones (excluding diaryl/α,β-unsaturated/α-hetero) is 1. The molecular weight excluding hydrogens is 156 g/mol. The number of aliphatic carboxylic acids is 1. The fraction of sp³-hybridized carbons (Fsp3) is 0.778. The predicted octanol–water partition coefficient (Wildman–Crippen LogP) is 2.49. The summed E-state index contributed by atoms with van der Waals surface area (Å²) in [7, 11) is 0. The average molecular weight is 176 g/mol. The zero-order chi connectivity index (χ0) is 10.6. The van der Waals surface area contributed by atoms with E-state index in [0.717, 1.165) is 6.92 Å². The van der Waals surface area contributed by atoms with Crippen LogP contribution in [0.2, 0.25) is 0 Å². The second-order valence-electron chi connectivity index (χ2n) is 2.43. The van der Waals surface area contributed by atoms with E-state index in [1.807, 2.05) is 0 Å². The number of carboxylic acid groups (broad SMARTS) is 1. The van der Waals surface area contributed by atoms with E-state index >= 15 is 0 Å². The minimum atomic E-state index is -0.833. The van der Waals surface area contributed by atoms with Crippen molar-refractivity contribution in [3.63, 3.8) is 0 Å². The van der Waals surface area contributed by atoms with Gasteiger partial charge < -0.3 is 9.90 Å². The molecule has 0 aromatic heterocycles. The Hall–Kier alpha value is -0.860. The maximum Gasteiger partial charge on any atom is 0.300 e. The first-order chi connectivity index (χ1) is 5.38. The van der Waals surface area contributed by atoms with Gasteiger partial charge in [0.1, 0.15) is 5.78 Å². The normalized spacial score (nSPS) is 6.75. The van der Waals surface area contributed by atoms with E-state index in [2.05, 4.69) is 13.8 Å². The molecule has 0 bridgehead atoms. The lowest BCUT2D eigenvalue weighted by Crippen LogP contribution is -1.78. The second kappa shape index (κ2) is 16.6. The van der Waals surface area contributed by atoms with Gasteiger partial charge in [0.15, 0.2) is 0 Å². The number of unbranched alkanes of at least 4 members (excludes halogenated alkanes) is 1. The van der Waals surface area contributed by atoms with Crippen LogP contribution in [0.1, 0.15) is 47.5 Å². The SMILES string of the molecule is CC(=O)O.CC(C)=O.CCCC. The topological polar surface area (TPSA) is 54.4 Å². The van der Waals surface area contributed by atoms with E-state index in [-0.39, 0.29) is 5.78 Å². The van der Waals surface area contributed by atoms with Gasteiger partial charge >= 0.3 is 0 Å². The van der Waals surface area contributed by atoms with E-state index in [0.29, 0.717) is 0 Å². The van der Waals surface area contributed by atoms with Crippen LogP contribution in [0.15, 0.2) is 0 Å². The fourth-order valence-corrected chi connectivity index (χ4v) is 0. The van der Waals surface area contributed by atoms with Gasteiger partial charge in [0.05, 0.1) is 0 Å². The minimum Gasteiger partial charge on any atom is -0.481 e. The van der Waals surface area contributed by atoms with Gasteiger partial charge in [-0.25, -0.2) is 0 Å². The molecule has 3 heteroatoms. The van der Waals surface area contributed by atoms with Gasteiger partial charge in [0.25, 0.3) is 5.97 Å². The maximum absolute atomic E-state index is 9.44. The van der Waals surface area contributed by atoms with Gasteiger partial charge in [-0.2, -0.15) is 0 Å². The number of ketones is 1. The molecule has 0 heterocycles. The highest BCUT2D eigenvalue weighted by Crippen LogP contribution is 1.76. The molecule has 0 radical (unpaired) electrons. The summed E-state index contributed by atoms with van der Waals surface area (Å²) < 4.78 is 0. The van der Waals surface area contributed by atoms with Crippen LogP contribution < -0.4 is 0 Å². The van der Waals surface area contributed by atoms with Crippen molar-refractivity contribution in [1.82, 2.24) is 0 Å². The predicted molar refractivity (Wildman–Crippen MR) is 50.2 cm³/mol. The van der Waals surface area contributed by atoms with Crippen molar-refractivity contribution >= 4 is 11.8 Å². The van der Waals surface area contributed by atoms with Crippen LogP contribution in [-0.2, 0) is 9.59 Å². The highest BCUT2D eigenvalue weighted by atomic mass is 16.4. The van der Waals surface area contributed by atoms with Gasteiger partial charge in [-0.15, -0.1) is 0 Å². The number of carbonyl (C=O) groups is 2. The molecule has 0 atom stereocenters. The molecule has 0 amide bonds. The summed E-state index contributed by atoms with van der Waals surface area (Å²) in [5.41, 5.74) is 0. The van der Waals surface area contributed by atoms with Crippen LogP contribution in [0, 0.1) is 0 Å². The quantitative estimate of drug-likeness (QED) is 0.667. The van der Waals surface area contributed by atoms with Crippen LogP contribution in [0.4, 0.5) is 0 Å². The van der Waals surface area contributed by atoms with Crippen LogP contribution >= 0.6 is 0 Å². The zero-order valence-corrected chi connectivity index (χ0v) is 8.68. The van der Waals surface area contributed by atoms with Crippen molar-refractivity contribution in [3.05, 3.63) is 0 Å². The standard InChI is InChI=1S/C4H10.C3H6O.C2H4O2/c1-3-4-2;1-3(2)4;1-2(3)4/h3-4H2,1-2H3;1-2H3;1H3,(H,3,4). The number of hydrogen-bond donors (Lipinski definition) is 1. The van der Waals surface area contributed by atoms with E-state index in [1.165, 1.54) is 26.7 Å². The summed E-state index contributed by atoms with van der Waals surface area (Å²) in [4.78, 5) is 18.4. The highest BCUT2D eigenvalue weighted by molar-refractivity contribution is 5.72. The number of hydrogen-bond acceptors (Lipinski definition) is 2. The molecule has 0 rings (SSSR count). The molecule has 12 heavy (non-hydrogen) atoms.